The van der Waals surface area contributed by atoms with E-state index in [0.29, 0.717) is 11.2 Å². The van der Waals surface area contributed by atoms with E-state index in [1.807, 2.05) is 6.07 Å². The molecule has 0 unspecified atom stereocenters. The van der Waals surface area contributed by atoms with Crippen LogP contribution in [0.3, 0.4) is 0 Å². The summed E-state index contributed by atoms with van der Waals surface area (Å²) >= 11 is 0. The number of methoxy groups -OCH3 is 2. The lowest BCUT2D eigenvalue weighted by Gasteiger charge is -2.16. The molecule has 0 radical (unpaired) electrons. The second-order valence-corrected chi connectivity index (χ2v) is 5.06. The number of pyridine rings is 1. The maximum Gasteiger partial charge on any atom is 0.342 e. The van der Waals surface area contributed by atoms with E-state index in [2.05, 4.69) is 9.95 Å². The summed E-state index contributed by atoms with van der Waals surface area (Å²) in [6, 6.07) is 5.37. The second-order valence-electron chi connectivity index (χ2n) is 5.06. The van der Waals surface area contributed by atoms with Crippen LogP contribution in [0.1, 0.15) is 12.6 Å². The molecule has 0 aromatic carbocycles. The molecule has 0 atom stereocenters. The van der Waals surface area contributed by atoms with E-state index < -0.39 is 17.9 Å². The molecular weight excluding hydrogens is 342 g/mol. The summed E-state index contributed by atoms with van der Waals surface area (Å²) in [6.45, 7) is 3.41. The van der Waals surface area contributed by atoms with Gasteiger partial charge in [-0.25, -0.2) is 9.59 Å². The maximum absolute atomic E-state index is 12.6. The Morgan fingerprint density at radius 3 is 2.62 bits per heavy atom. The van der Waals surface area contributed by atoms with Gasteiger partial charge < -0.3 is 19.3 Å². The Morgan fingerprint density at radius 1 is 1.31 bits per heavy atom. The van der Waals surface area contributed by atoms with Crippen molar-refractivity contribution in [2.24, 2.45) is 0 Å². The van der Waals surface area contributed by atoms with E-state index in [-0.39, 0.29) is 17.9 Å². The van der Waals surface area contributed by atoms with Crippen molar-refractivity contribution in [3.63, 3.8) is 0 Å². The number of hydrogen-bond donors (Lipinski definition) is 0. The van der Waals surface area contributed by atoms with Gasteiger partial charge in [0, 0.05) is 13.0 Å². The first-order valence-corrected chi connectivity index (χ1v) is 7.73. The maximum atomic E-state index is 12.6. The number of rotatable bonds is 6. The second kappa shape index (κ2) is 8.15. The van der Waals surface area contributed by atoms with Crippen LogP contribution in [-0.4, -0.2) is 42.7 Å². The zero-order valence-electron chi connectivity index (χ0n) is 14.9. The van der Waals surface area contributed by atoms with Gasteiger partial charge in [0.15, 0.2) is 16.9 Å². The first-order chi connectivity index (χ1) is 12.4. The van der Waals surface area contributed by atoms with E-state index in [4.69, 9.17) is 9.47 Å². The largest absolute Gasteiger partial charge is 0.611 e. The van der Waals surface area contributed by atoms with E-state index in [9.17, 15) is 14.7 Å². The molecule has 2 rings (SSSR count). The Balaban J connectivity index is 2.79. The molecule has 9 nitrogen and oxygen atoms in total. The van der Waals surface area contributed by atoms with Gasteiger partial charge in [0.25, 0.3) is 0 Å². The van der Waals surface area contributed by atoms with Crippen molar-refractivity contribution in [1.82, 2.24) is 9.90 Å². The summed E-state index contributed by atoms with van der Waals surface area (Å²) < 4.78 is 17.1. The van der Waals surface area contributed by atoms with Crippen molar-refractivity contribution < 1.29 is 33.4 Å². The van der Waals surface area contributed by atoms with Crippen molar-refractivity contribution in [2.75, 3.05) is 20.8 Å². The molecule has 0 fully saturated rings. The van der Waals surface area contributed by atoms with Gasteiger partial charge >= 0.3 is 11.9 Å². The number of carbonyl (C=O) groups is 2. The summed E-state index contributed by atoms with van der Waals surface area (Å²) in [6.07, 6.45) is 2.55. The zero-order chi connectivity index (χ0) is 19.3. The number of esters is 2. The summed E-state index contributed by atoms with van der Waals surface area (Å²) in [7, 11) is 2.29. The van der Waals surface area contributed by atoms with E-state index in [0.717, 1.165) is 20.3 Å². The summed E-state index contributed by atoms with van der Waals surface area (Å²) in [5.74, 6) is -2.55. The number of hydrogen-bond acceptors (Lipinski definition) is 7. The number of ether oxygens (including phenoxy) is 3. The van der Waals surface area contributed by atoms with Crippen LogP contribution in [0.15, 0.2) is 42.0 Å². The highest BCUT2D eigenvalue weighted by Crippen LogP contribution is 2.22. The molecule has 138 valence electrons. The molecule has 0 spiro atoms. The third-order valence-corrected chi connectivity index (χ3v) is 3.52. The molecule has 9 heteroatoms. The van der Waals surface area contributed by atoms with E-state index in [1.54, 1.807) is 32.2 Å². The first kappa shape index (κ1) is 19.0. The molecule has 0 saturated carbocycles. The molecule has 0 amide bonds. The van der Waals surface area contributed by atoms with Gasteiger partial charge in [-0.1, -0.05) is 17.7 Å². The van der Waals surface area contributed by atoms with Crippen molar-refractivity contribution in [2.45, 2.75) is 13.8 Å². The van der Waals surface area contributed by atoms with E-state index in [1.165, 1.54) is 9.20 Å². The van der Waals surface area contributed by atoms with E-state index >= 15 is 0 Å². The Kier molecular flexibility index (Phi) is 5.94. The highest BCUT2D eigenvalue weighted by atomic mass is 16.6. The fourth-order valence-electron chi connectivity index (χ4n) is 2.30. The number of nitrogens with zero attached hydrogens (tertiary/aromatic N) is 3. The van der Waals surface area contributed by atoms with Gasteiger partial charge in [0.2, 0.25) is 0 Å². The van der Waals surface area contributed by atoms with Crippen molar-refractivity contribution in [3.8, 4) is 0 Å². The zero-order valence-corrected chi connectivity index (χ0v) is 14.9. The van der Waals surface area contributed by atoms with Crippen molar-refractivity contribution >= 4 is 23.2 Å². The SMILES string of the molecule is CCO/C([O-])=C(\C(=C\C(=O)OC)C(=O)OC)n1n[n+]2ccccc2c1C. The molecule has 2 aromatic heterocycles. The summed E-state index contributed by atoms with van der Waals surface area (Å²) in [4.78, 5) is 23.9. The number of fused-ring (bicyclic) bond motifs is 1. The molecule has 0 aliphatic heterocycles. The molecular formula is C17H19N3O6. The normalized spacial score (nSPS) is 12.5. The van der Waals surface area contributed by atoms with Crippen LogP contribution in [0.2, 0.25) is 0 Å². The van der Waals surface area contributed by atoms with Crippen LogP contribution in [0.4, 0.5) is 0 Å². The predicted octanol–water partition coefficient (Wildman–Crippen LogP) is -0.274. The van der Waals surface area contributed by atoms with Crippen LogP contribution in [0.5, 0.6) is 0 Å². The molecule has 2 heterocycles. The number of aromatic nitrogens is 3. The quantitative estimate of drug-likeness (QED) is 0.229. The first-order valence-electron chi connectivity index (χ1n) is 7.73. The molecule has 2 aromatic rings. The van der Waals surface area contributed by atoms with Gasteiger partial charge in [-0.05, 0) is 18.7 Å². The Labute approximate surface area is 149 Å². The van der Waals surface area contributed by atoms with Gasteiger partial charge in [-0.15, -0.1) is 4.52 Å². The lowest BCUT2D eigenvalue weighted by atomic mass is 10.1. The highest BCUT2D eigenvalue weighted by molar-refractivity contribution is 6.07. The monoisotopic (exact) mass is 361 g/mol. The third-order valence-electron chi connectivity index (χ3n) is 3.52. The average molecular weight is 361 g/mol. The smallest absolute Gasteiger partial charge is 0.342 e. The summed E-state index contributed by atoms with van der Waals surface area (Å²) in [5, 5.41) is 16.9. The van der Waals surface area contributed by atoms with Crippen molar-refractivity contribution in [3.05, 3.63) is 47.7 Å². The minimum Gasteiger partial charge on any atom is -0.611 e. The van der Waals surface area contributed by atoms with Gasteiger partial charge in [-0.2, -0.15) is 0 Å². The fraction of sp³-hybridized carbons (Fsp3) is 0.294. The van der Waals surface area contributed by atoms with Crippen molar-refractivity contribution in [1.29, 1.82) is 0 Å². The predicted molar refractivity (Wildman–Crippen MR) is 87.1 cm³/mol. The van der Waals surface area contributed by atoms with Crippen LogP contribution in [0.25, 0.3) is 11.2 Å². The Hall–Kier alpha value is -3.36. The highest BCUT2D eigenvalue weighted by Gasteiger charge is 2.29. The lowest BCUT2D eigenvalue weighted by molar-refractivity contribution is -0.583. The minimum atomic E-state index is -0.901. The Bertz CT molecular complexity index is 897. The van der Waals surface area contributed by atoms with Crippen LogP contribution < -0.4 is 9.62 Å². The molecule has 0 aliphatic carbocycles. The number of carbonyl (C=O) groups excluding carboxylic acids is 2. The topological polar surface area (TPSA) is 107 Å². The van der Waals surface area contributed by atoms with Crippen LogP contribution >= 0.6 is 0 Å². The molecule has 0 N–H and O–H groups in total. The average Bonchev–Trinajstić information content (AvgIpc) is 2.97. The van der Waals surface area contributed by atoms with Crippen LogP contribution in [-0.2, 0) is 23.8 Å². The van der Waals surface area contributed by atoms with Crippen LogP contribution in [0, 0.1) is 6.92 Å². The molecule has 0 bridgehead atoms. The standard InChI is InChI=1S/C17H19N3O6/c1-5-26-17(23)15(12(16(22)25-4)10-14(21)24-3)20-11(2)13-8-6-7-9-19(13)18-20/h6-10H,5H2,1-4H3. The van der Waals surface area contributed by atoms with Gasteiger partial charge in [0.05, 0.1) is 14.2 Å². The minimum absolute atomic E-state index is 0.0714. The molecule has 26 heavy (non-hydrogen) atoms. The summed E-state index contributed by atoms with van der Waals surface area (Å²) in [5.41, 5.74) is 0.699. The lowest BCUT2D eigenvalue weighted by Crippen LogP contribution is -2.26. The Morgan fingerprint density at radius 2 is 2.04 bits per heavy atom. The number of aryl methyl sites for hydroxylation is 1. The fourth-order valence-corrected chi connectivity index (χ4v) is 2.30. The molecule has 0 aliphatic rings. The van der Waals surface area contributed by atoms with Gasteiger partial charge in [-0.3, -0.25) is 0 Å². The molecule has 0 saturated heterocycles. The van der Waals surface area contributed by atoms with Gasteiger partial charge in [0.1, 0.15) is 22.9 Å². The third kappa shape index (κ3) is 3.66.